The van der Waals surface area contributed by atoms with E-state index >= 15 is 0 Å². The highest BCUT2D eigenvalue weighted by Crippen LogP contribution is 2.25. The zero-order chi connectivity index (χ0) is 25.2. The van der Waals surface area contributed by atoms with Gasteiger partial charge in [-0.1, -0.05) is 35.9 Å². The van der Waals surface area contributed by atoms with Gasteiger partial charge in [0.25, 0.3) is 15.9 Å². The van der Waals surface area contributed by atoms with Crippen LogP contribution in [0.15, 0.2) is 71.6 Å². The molecule has 0 fully saturated rings. The third kappa shape index (κ3) is 5.63. The second kappa shape index (κ2) is 10.1. The van der Waals surface area contributed by atoms with Crippen molar-refractivity contribution in [3.63, 3.8) is 0 Å². The highest BCUT2D eigenvalue weighted by Gasteiger charge is 2.28. The van der Waals surface area contributed by atoms with Crippen molar-refractivity contribution < 1.29 is 27.1 Å². The molecule has 4 rings (SSSR count). The van der Waals surface area contributed by atoms with Crippen LogP contribution in [-0.4, -0.2) is 37.8 Å². The minimum absolute atomic E-state index is 0.0257. The predicted molar refractivity (Wildman–Crippen MR) is 129 cm³/mol. The Morgan fingerprint density at radius 3 is 2.46 bits per heavy atom. The summed E-state index contributed by atoms with van der Waals surface area (Å²) in [5, 5.41) is -0.0257. The zero-order valence-electron chi connectivity index (χ0n) is 18.7. The van der Waals surface area contributed by atoms with Crippen molar-refractivity contribution in [2.45, 2.75) is 30.9 Å². The molecule has 7 nitrogen and oxygen atoms in total. The van der Waals surface area contributed by atoms with Gasteiger partial charge in [-0.2, -0.15) is 0 Å². The van der Waals surface area contributed by atoms with Crippen molar-refractivity contribution >= 4 is 39.2 Å². The van der Waals surface area contributed by atoms with E-state index in [1.807, 2.05) is 24.3 Å². The normalized spacial score (nSPS) is 14.1. The minimum Gasteiger partial charge on any atom is -0.449 e. The Bertz CT molecular complexity index is 1380. The molecule has 0 radical (unpaired) electrons. The fourth-order valence-corrected chi connectivity index (χ4v) is 5.05. The smallest absolute Gasteiger partial charge is 0.340 e. The van der Waals surface area contributed by atoms with E-state index in [4.69, 9.17) is 16.3 Å². The van der Waals surface area contributed by atoms with Crippen LogP contribution >= 0.6 is 11.6 Å². The van der Waals surface area contributed by atoms with Gasteiger partial charge < -0.3 is 9.64 Å². The van der Waals surface area contributed by atoms with E-state index in [1.165, 1.54) is 36.8 Å². The molecule has 3 aromatic rings. The van der Waals surface area contributed by atoms with E-state index in [0.717, 1.165) is 23.8 Å². The maximum atomic E-state index is 13.1. The summed E-state index contributed by atoms with van der Waals surface area (Å²) in [5.41, 5.74) is 2.17. The van der Waals surface area contributed by atoms with Gasteiger partial charge in [-0.15, -0.1) is 0 Å². The third-order valence-corrected chi connectivity index (χ3v) is 7.35. The standard InChI is InChI=1S/C25H22ClFN2O5S/c1-16(24(30)29-13-12-17-4-2-3-5-18(17)15-29)34-25(31)22-14-21(10-11-23(22)26)35(32,33)28-20-8-6-19(27)7-9-20/h2-11,14,16,28H,12-13,15H2,1H3/t16-/m0/s1. The number of ether oxygens (including phenoxy) is 1. The number of sulfonamides is 1. The van der Waals surface area contributed by atoms with Crippen molar-refractivity contribution in [1.82, 2.24) is 4.90 Å². The number of hydrogen-bond donors (Lipinski definition) is 1. The summed E-state index contributed by atoms with van der Waals surface area (Å²) in [5.74, 6) is -1.79. The van der Waals surface area contributed by atoms with Gasteiger partial charge in [0.2, 0.25) is 0 Å². The van der Waals surface area contributed by atoms with Gasteiger partial charge in [0, 0.05) is 18.8 Å². The molecule has 0 aliphatic carbocycles. The summed E-state index contributed by atoms with van der Waals surface area (Å²) in [6, 6.07) is 16.2. The van der Waals surface area contributed by atoms with E-state index in [-0.39, 0.29) is 27.1 Å². The first-order chi connectivity index (χ1) is 16.6. The van der Waals surface area contributed by atoms with Gasteiger partial charge in [0.05, 0.1) is 15.5 Å². The van der Waals surface area contributed by atoms with Gasteiger partial charge in [0.1, 0.15) is 5.82 Å². The van der Waals surface area contributed by atoms with Crippen molar-refractivity contribution in [2.24, 2.45) is 0 Å². The molecule has 182 valence electrons. The van der Waals surface area contributed by atoms with Crippen molar-refractivity contribution in [2.75, 3.05) is 11.3 Å². The Morgan fingerprint density at radius 2 is 1.74 bits per heavy atom. The lowest BCUT2D eigenvalue weighted by atomic mass is 9.99. The molecule has 35 heavy (non-hydrogen) atoms. The molecule has 0 spiro atoms. The number of nitrogens with zero attached hydrogens (tertiary/aromatic N) is 1. The fourth-order valence-electron chi connectivity index (χ4n) is 3.78. The average molecular weight is 517 g/mol. The van der Waals surface area contributed by atoms with E-state index in [9.17, 15) is 22.4 Å². The van der Waals surface area contributed by atoms with Gasteiger partial charge >= 0.3 is 5.97 Å². The minimum atomic E-state index is -4.10. The van der Waals surface area contributed by atoms with E-state index in [0.29, 0.717) is 19.5 Å². The van der Waals surface area contributed by atoms with Crippen LogP contribution in [0, 0.1) is 5.82 Å². The highest BCUT2D eigenvalue weighted by atomic mass is 35.5. The van der Waals surface area contributed by atoms with Gasteiger partial charge in [-0.05, 0) is 66.9 Å². The van der Waals surface area contributed by atoms with Crippen LogP contribution in [-0.2, 0) is 32.5 Å². The Hall–Kier alpha value is -3.43. The number of benzene rings is 3. The molecule has 0 saturated carbocycles. The molecule has 1 atom stereocenters. The first kappa shape index (κ1) is 24.7. The summed E-state index contributed by atoms with van der Waals surface area (Å²) >= 11 is 6.13. The van der Waals surface area contributed by atoms with Crippen LogP contribution in [0.5, 0.6) is 0 Å². The average Bonchev–Trinajstić information content (AvgIpc) is 2.84. The number of amides is 1. The number of carbonyl (C=O) groups excluding carboxylic acids is 2. The Morgan fingerprint density at radius 1 is 1.06 bits per heavy atom. The zero-order valence-corrected chi connectivity index (χ0v) is 20.3. The molecule has 10 heteroatoms. The number of halogens is 2. The van der Waals surface area contributed by atoms with Crippen LogP contribution in [0.3, 0.4) is 0 Å². The van der Waals surface area contributed by atoms with Crippen LogP contribution in [0.1, 0.15) is 28.4 Å². The van der Waals surface area contributed by atoms with Crippen molar-refractivity contribution in [1.29, 1.82) is 0 Å². The molecule has 1 heterocycles. The molecule has 0 saturated heterocycles. The number of nitrogens with one attached hydrogen (secondary N) is 1. The van der Waals surface area contributed by atoms with Crippen molar-refractivity contribution in [3.8, 4) is 0 Å². The molecule has 1 N–H and O–H groups in total. The number of fused-ring (bicyclic) bond motifs is 1. The molecule has 3 aromatic carbocycles. The van der Waals surface area contributed by atoms with Crippen LogP contribution in [0.2, 0.25) is 5.02 Å². The molecular formula is C25H22ClFN2O5S. The van der Waals surface area contributed by atoms with Crippen LogP contribution in [0.4, 0.5) is 10.1 Å². The summed E-state index contributed by atoms with van der Waals surface area (Å²) < 4.78 is 46.3. The van der Waals surface area contributed by atoms with Gasteiger partial charge in [0.15, 0.2) is 6.10 Å². The monoisotopic (exact) mass is 516 g/mol. The fraction of sp³-hybridized carbons (Fsp3) is 0.200. The number of anilines is 1. The van der Waals surface area contributed by atoms with Crippen LogP contribution in [0.25, 0.3) is 0 Å². The number of hydrogen-bond acceptors (Lipinski definition) is 5. The summed E-state index contributed by atoms with van der Waals surface area (Å²) in [6.45, 7) is 2.38. The summed E-state index contributed by atoms with van der Waals surface area (Å²) in [4.78, 5) is 27.1. The molecule has 1 aliphatic rings. The molecule has 1 amide bonds. The maximum Gasteiger partial charge on any atom is 0.340 e. The highest BCUT2D eigenvalue weighted by molar-refractivity contribution is 7.92. The first-order valence-corrected chi connectivity index (χ1v) is 12.6. The summed E-state index contributed by atoms with van der Waals surface area (Å²) in [6.07, 6.45) is -0.392. The summed E-state index contributed by atoms with van der Waals surface area (Å²) in [7, 11) is -4.10. The molecular weight excluding hydrogens is 495 g/mol. The lowest BCUT2D eigenvalue weighted by molar-refractivity contribution is -0.140. The SMILES string of the molecule is C[C@H](OC(=O)c1cc(S(=O)(=O)Nc2ccc(F)cc2)ccc1Cl)C(=O)N1CCc2ccccc2C1. The number of carbonyl (C=O) groups is 2. The topological polar surface area (TPSA) is 92.8 Å². The maximum absolute atomic E-state index is 13.1. The lowest BCUT2D eigenvalue weighted by Crippen LogP contribution is -2.42. The van der Waals surface area contributed by atoms with E-state index < -0.39 is 27.9 Å². The molecule has 0 unspecified atom stereocenters. The Balaban J connectivity index is 1.47. The van der Waals surface area contributed by atoms with E-state index in [2.05, 4.69) is 4.72 Å². The number of esters is 1. The Labute approximate surface area is 207 Å². The van der Waals surface area contributed by atoms with Gasteiger partial charge in [-0.3, -0.25) is 9.52 Å². The van der Waals surface area contributed by atoms with Gasteiger partial charge in [-0.25, -0.2) is 17.6 Å². The predicted octanol–water partition coefficient (Wildman–Crippen LogP) is 4.41. The largest absolute Gasteiger partial charge is 0.449 e. The molecule has 0 aromatic heterocycles. The molecule has 1 aliphatic heterocycles. The third-order valence-electron chi connectivity index (χ3n) is 5.64. The quantitative estimate of drug-likeness (QED) is 0.490. The van der Waals surface area contributed by atoms with E-state index in [1.54, 1.807) is 4.90 Å². The Kier molecular flexibility index (Phi) is 7.09. The van der Waals surface area contributed by atoms with Crippen LogP contribution < -0.4 is 4.72 Å². The van der Waals surface area contributed by atoms with Crippen molar-refractivity contribution in [3.05, 3.63) is 94.3 Å². The first-order valence-electron chi connectivity index (χ1n) is 10.8. The molecule has 0 bridgehead atoms. The second-order valence-electron chi connectivity index (χ2n) is 8.08. The lowest BCUT2D eigenvalue weighted by Gasteiger charge is -2.30. The second-order valence-corrected chi connectivity index (χ2v) is 10.2. The number of rotatable bonds is 6.